The van der Waals surface area contributed by atoms with Gasteiger partial charge in [0.1, 0.15) is 6.29 Å². The van der Waals surface area contributed by atoms with Crippen molar-refractivity contribution in [2.75, 3.05) is 0 Å². The molecule has 0 fully saturated rings. The van der Waals surface area contributed by atoms with E-state index < -0.39 is 5.97 Å². The van der Waals surface area contributed by atoms with Crippen molar-refractivity contribution in [3.63, 3.8) is 0 Å². The molecule has 0 heterocycles. The molecule has 0 unspecified atom stereocenters. The van der Waals surface area contributed by atoms with E-state index in [2.05, 4.69) is 4.89 Å². The fraction of sp³-hybridized carbons (Fsp3) is 0. The van der Waals surface area contributed by atoms with Crippen LogP contribution in [0.15, 0.2) is 72.8 Å². The third-order valence-electron chi connectivity index (χ3n) is 3.80. The largest absolute Gasteiger partial charge is 0.372 e. The Kier molecular flexibility index (Phi) is 4.50. The Hall–Kier alpha value is -3.24. The Balaban J connectivity index is 1.83. The smallest absolute Gasteiger partial charge is 0.298 e. The molecule has 0 atom stereocenters. The standard InChI is InChI=1S/C20H14O4/c21-13-14-1-3-15(4-2-14)16-5-7-17(8-6-16)18-9-11-19(12-10-18)20(22)24-23/h1-13,23H. The van der Waals surface area contributed by atoms with Crippen LogP contribution in [0.4, 0.5) is 0 Å². The number of rotatable bonds is 4. The van der Waals surface area contributed by atoms with E-state index >= 15 is 0 Å². The highest BCUT2D eigenvalue weighted by Crippen LogP contribution is 2.25. The minimum atomic E-state index is -0.782. The summed E-state index contributed by atoms with van der Waals surface area (Å²) >= 11 is 0. The van der Waals surface area contributed by atoms with Crippen molar-refractivity contribution in [2.24, 2.45) is 0 Å². The molecule has 0 saturated carbocycles. The molecular formula is C20H14O4. The van der Waals surface area contributed by atoms with E-state index in [1.54, 1.807) is 36.4 Å². The van der Waals surface area contributed by atoms with E-state index in [1.807, 2.05) is 36.4 Å². The van der Waals surface area contributed by atoms with Crippen LogP contribution < -0.4 is 0 Å². The molecule has 3 aromatic rings. The van der Waals surface area contributed by atoms with Crippen LogP contribution in [0.25, 0.3) is 22.3 Å². The fourth-order valence-corrected chi connectivity index (χ4v) is 2.46. The summed E-state index contributed by atoms with van der Waals surface area (Å²) in [5.41, 5.74) is 4.98. The van der Waals surface area contributed by atoms with Crippen LogP contribution in [0.1, 0.15) is 20.7 Å². The molecule has 0 bridgehead atoms. The van der Waals surface area contributed by atoms with Gasteiger partial charge in [-0.3, -0.25) is 9.68 Å². The molecular weight excluding hydrogens is 304 g/mol. The van der Waals surface area contributed by atoms with E-state index in [0.717, 1.165) is 28.5 Å². The molecule has 0 aliphatic carbocycles. The number of benzene rings is 3. The lowest BCUT2D eigenvalue weighted by Crippen LogP contribution is -2.00. The van der Waals surface area contributed by atoms with Gasteiger partial charge in [-0.1, -0.05) is 60.7 Å². The molecule has 118 valence electrons. The predicted octanol–water partition coefficient (Wildman–Crippen LogP) is 4.46. The van der Waals surface area contributed by atoms with Crippen molar-refractivity contribution in [3.8, 4) is 22.3 Å². The average Bonchev–Trinajstić information content (AvgIpc) is 2.68. The van der Waals surface area contributed by atoms with Crippen LogP contribution in [0.3, 0.4) is 0 Å². The lowest BCUT2D eigenvalue weighted by molar-refractivity contribution is -0.182. The Morgan fingerprint density at radius 3 is 1.46 bits per heavy atom. The molecule has 4 nitrogen and oxygen atoms in total. The zero-order chi connectivity index (χ0) is 16.9. The summed E-state index contributed by atoms with van der Waals surface area (Å²) in [7, 11) is 0. The summed E-state index contributed by atoms with van der Waals surface area (Å²) < 4.78 is 0. The van der Waals surface area contributed by atoms with Crippen LogP contribution in [-0.4, -0.2) is 17.5 Å². The van der Waals surface area contributed by atoms with Crippen molar-refractivity contribution in [1.29, 1.82) is 0 Å². The first kappa shape index (κ1) is 15.6. The van der Waals surface area contributed by atoms with Gasteiger partial charge in [-0.15, -0.1) is 0 Å². The van der Waals surface area contributed by atoms with E-state index in [-0.39, 0.29) is 5.56 Å². The van der Waals surface area contributed by atoms with Gasteiger partial charge in [-0.05, 0) is 34.4 Å². The third-order valence-corrected chi connectivity index (χ3v) is 3.80. The molecule has 0 aliphatic rings. The SMILES string of the molecule is O=Cc1ccc(-c2ccc(-c3ccc(C(=O)OO)cc3)cc2)cc1. The second kappa shape index (κ2) is 6.89. The van der Waals surface area contributed by atoms with Crippen molar-refractivity contribution in [2.45, 2.75) is 0 Å². The summed E-state index contributed by atoms with van der Waals surface area (Å²) in [6, 6.07) is 22.2. The second-order valence-electron chi connectivity index (χ2n) is 5.27. The Bertz CT molecular complexity index is 848. The molecule has 0 aliphatic heterocycles. The summed E-state index contributed by atoms with van der Waals surface area (Å²) in [6.07, 6.45) is 0.823. The molecule has 0 aromatic heterocycles. The first-order valence-electron chi connectivity index (χ1n) is 7.33. The molecule has 0 radical (unpaired) electrons. The summed E-state index contributed by atoms with van der Waals surface area (Å²) in [5, 5.41) is 8.38. The Morgan fingerprint density at radius 2 is 1.08 bits per heavy atom. The number of hydrogen-bond donors (Lipinski definition) is 1. The van der Waals surface area contributed by atoms with E-state index in [4.69, 9.17) is 5.26 Å². The maximum atomic E-state index is 11.2. The normalized spacial score (nSPS) is 10.2. The summed E-state index contributed by atoms with van der Waals surface area (Å²) in [4.78, 5) is 25.6. The van der Waals surface area contributed by atoms with Gasteiger partial charge in [0, 0.05) is 5.56 Å². The number of aldehydes is 1. The topological polar surface area (TPSA) is 63.6 Å². The second-order valence-corrected chi connectivity index (χ2v) is 5.27. The maximum absolute atomic E-state index is 11.2. The fourth-order valence-electron chi connectivity index (χ4n) is 2.46. The molecule has 3 aromatic carbocycles. The number of carbonyl (C=O) groups is 2. The average molecular weight is 318 g/mol. The van der Waals surface area contributed by atoms with Crippen molar-refractivity contribution < 1.29 is 19.7 Å². The number of carbonyl (C=O) groups excluding carboxylic acids is 2. The molecule has 4 heteroatoms. The predicted molar refractivity (Wildman–Crippen MR) is 90.7 cm³/mol. The van der Waals surface area contributed by atoms with Gasteiger partial charge in [-0.2, -0.15) is 5.26 Å². The van der Waals surface area contributed by atoms with Crippen molar-refractivity contribution in [1.82, 2.24) is 0 Å². The molecule has 1 N–H and O–H groups in total. The van der Waals surface area contributed by atoms with Gasteiger partial charge in [0.15, 0.2) is 0 Å². The molecule has 24 heavy (non-hydrogen) atoms. The number of hydrogen-bond acceptors (Lipinski definition) is 4. The highest BCUT2D eigenvalue weighted by Gasteiger charge is 2.07. The lowest BCUT2D eigenvalue weighted by atomic mass is 9.99. The van der Waals surface area contributed by atoms with Gasteiger partial charge in [0.2, 0.25) is 0 Å². The van der Waals surface area contributed by atoms with Gasteiger partial charge in [0.05, 0.1) is 5.56 Å². The molecule has 3 rings (SSSR count). The molecule has 0 saturated heterocycles. The minimum absolute atomic E-state index is 0.285. The first-order chi connectivity index (χ1) is 11.7. The van der Waals surface area contributed by atoms with Crippen molar-refractivity contribution >= 4 is 12.3 Å². The van der Waals surface area contributed by atoms with Gasteiger partial charge >= 0.3 is 5.97 Å². The monoisotopic (exact) mass is 318 g/mol. The molecule has 0 amide bonds. The minimum Gasteiger partial charge on any atom is -0.298 e. The van der Waals surface area contributed by atoms with Gasteiger partial charge in [0.25, 0.3) is 0 Å². The van der Waals surface area contributed by atoms with Gasteiger partial charge < -0.3 is 0 Å². The highest BCUT2D eigenvalue weighted by atomic mass is 17.1. The first-order valence-corrected chi connectivity index (χ1v) is 7.33. The van der Waals surface area contributed by atoms with Crippen LogP contribution in [-0.2, 0) is 4.89 Å². The third kappa shape index (κ3) is 3.24. The zero-order valence-electron chi connectivity index (χ0n) is 12.7. The van der Waals surface area contributed by atoms with Crippen LogP contribution in [0.2, 0.25) is 0 Å². The van der Waals surface area contributed by atoms with E-state index in [0.29, 0.717) is 5.56 Å². The maximum Gasteiger partial charge on any atom is 0.372 e. The summed E-state index contributed by atoms with van der Waals surface area (Å²) in [5.74, 6) is -0.782. The van der Waals surface area contributed by atoms with Crippen LogP contribution in [0, 0.1) is 0 Å². The highest BCUT2D eigenvalue weighted by molar-refractivity contribution is 5.89. The summed E-state index contributed by atoms with van der Waals surface area (Å²) in [6.45, 7) is 0. The Morgan fingerprint density at radius 1 is 0.708 bits per heavy atom. The van der Waals surface area contributed by atoms with Gasteiger partial charge in [-0.25, -0.2) is 4.79 Å². The van der Waals surface area contributed by atoms with Crippen LogP contribution in [0.5, 0.6) is 0 Å². The lowest BCUT2D eigenvalue weighted by Gasteiger charge is -2.06. The quantitative estimate of drug-likeness (QED) is 0.438. The van der Waals surface area contributed by atoms with E-state index in [9.17, 15) is 9.59 Å². The van der Waals surface area contributed by atoms with Crippen LogP contribution >= 0.6 is 0 Å². The van der Waals surface area contributed by atoms with Crippen molar-refractivity contribution in [3.05, 3.63) is 83.9 Å². The zero-order valence-corrected chi connectivity index (χ0v) is 12.7. The molecule has 0 spiro atoms. The Labute approximate surface area is 138 Å². The van der Waals surface area contributed by atoms with E-state index in [1.165, 1.54) is 0 Å².